The summed E-state index contributed by atoms with van der Waals surface area (Å²) >= 11 is 0. The number of methoxy groups -OCH3 is 1. The Hall–Kier alpha value is -3.85. The zero-order chi connectivity index (χ0) is 27.7. The van der Waals surface area contributed by atoms with Gasteiger partial charge in [-0.3, -0.25) is 13.9 Å². The molecular weight excluding hydrogens is 502 g/mol. The van der Waals surface area contributed by atoms with Crippen LogP contribution in [0.3, 0.4) is 0 Å². The second-order valence-corrected chi connectivity index (χ2v) is 10.9. The van der Waals surface area contributed by atoms with Gasteiger partial charge in [0.1, 0.15) is 18.3 Å². The molecule has 3 aromatic rings. The Morgan fingerprint density at radius 2 is 1.55 bits per heavy atom. The zero-order valence-corrected chi connectivity index (χ0v) is 23.0. The molecule has 0 unspecified atom stereocenters. The number of carbonyl (C=O) groups excluding carboxylic acids is 2. The van der Waals surface area contributed by atoms with Crippen LogP contribution < -0.4 is 14.4 Å². The standard InChI is InChI=1S/C29H35N3O5S/c1-5-22(2)30-29(34)23(3)31(20-24-13-12-16-26(19-24)37-4)28(33)21-32(25-14-8-6-9-15-25)38(35,36)27-17-10-7-11-18-27/h6-19,22-23H,5,20-21H2,1-4H3,(H,30,34)/t22-,23+/m1/s1. The van der Waals surface area contributed by atoms with Gasteiger partial charge in [-0.2, -0.15) is 0 Å². The first-order valence-electron chi connectivity index (χ1n) is 12.5. The van der Waals surface area contributed by atoms with E-state index in [-0.39, 0.29) is 23.4 Å². The van der Waals surface area contributed by atoms with Crippen LogP contribution in [0.15, 0.2) is 89.8 Å². The molecule has 2 amide bonds. The summed E-state index contributed by atoms with van der Waals surface area (Å²) in [6.07, 6.45) is 0.736. The number of para-hydroxylation sites is 1. The van der Waals surface area contributed by atoms with E-state index < -0.39 is 28.5 Å². The van der Waals surface area contributed by atoms with Crippen LogP contribution in [-0.2, 0) is 26.2 Å². The first kappa shape index (κ1) is 28.7. The van der Waals surface area contributed by atoms with Crippen molar-refractivity contribution >= 4 is 27.5 Å². The first-order chi connectivity index (χ1) is 18.2. The van der Waals surface area contributed by atoms with Gasteiger partial charge in [0, 0.05) is 12.6 Å². The van der Waals surface area contributed by atoms with Gasteiger partial charge >= 0.3 is 0 Å². The van der Waals surface area contributed by atoms with Gasteiger partial charge in [0.2, 0.25) is 11.8 Å². The second kappa shape index (κ2) is 13.1. The molecule has 0 bridgehead atoms. The number of nitrogens with one attached hydrogen (secondary N) is 1. The summed E-state index contributed by atoms with van der Waals surface area (Å²) in [5.74, 6) is -0.208. The topological polar surface area (TPSA) is 96.0 Å². The van der Waals surface area contributed by atoms with Crippen molar-refractivity contribution in [1.29, 1.82) is 0 Å². The van der Waals surface area contributed by atoms with Crippen molar-refractivity contribution < 1.29 is 22.7 Å². The molecule has 0 aromatic heterocycles. The van der Waals surface area contributed by atoms with E-state index in [9.17, 15) is 18.0 Å². The number of sulfonamides is 1. The molecule has 202 valence electrons. The highest BCUT2D eigenvalue weighted by atomic mass is 32.2. The number of benzene rings is 3. The van der Waals surface area contributed by atoms with Crippen molar-refractivity contribution in [3.8, 4) is 5.75 Å². The largest absolute Gasteiger partial charge is 0.497 e. The van der Waals surface area contributed by atoms with Crippen LogP contribution >= 0.6 is 0 Å². The van der Waals surface area contributed by atoms with Crippen molar-refractivity contribution in [2.24, 2.45) is 0 Å². The number of nitrogens with zero attached hydrogens (tertiary/aromatic N) is 2. The smallest absolute Gasteiger partial charge is 0.264 e. The summed E-state index contributed by atoms with van der Waals surface area (Å²) in [5.41, 5.74) is 1.10. The molecule has 0 saturated carbocycles. The molecule has 0 fully saturated rings. The molecule has 2 atom stereocenters. The highest BCUT2D eigenvalue weighted by molar-refractivity contribution is 7.92. The van der Waals surface area contributed by atoms with Crippen molar-refractivity contribution in [2.45, 2.75) is 50.7 Å². The number of rotatable bonds is 12. The Kier molecular flexibility index (Phi) is 9.90. The zero-order valence-electron chi connectivity index (χ0n) is 22.2. The van der Waals surface area contributed by atoms with Crippen LogP contribution in [-0.4, -0.2) is 50.9 Å². The molecule has 8 nitrogen and oxygen atoms in total. The molecule has 0 heterocycles. The first-order valence-corrected chi connectivity index (χ1v) is 14.0. The predicted octanol–water partition coefficient (Wildman–Crippen LogP) is 4.22. The average molecular weight is 538 g/mol. The Morgan fingerprint density at radius 3 is 2.16 bits per heavy atom. The van der Waals surface area contributed by atoms with Gasteiger partial charge in [-0.1, -0.05) is 55.5 Å². The van der Waals surface area contributed by atoms with E-state index >= 15 is 0 Å². The SMILES string of the molecule is CC[C@@H](C)NC(=O)[C@H](C)N(Cc1cccc(OC)c1)C(=O)CN(c1ccccc1)S(=O)(=O)c1ccccc1. The van der Waals surface area contributed by atoms with E-state index in [2.05, 4.69) is 5.32 Å². The maximum absolute atomic E-state index is 13.9. The van der Waals surface area contributed by atoms with Crippen LogP contribution in [0.5, 0.6) is 5.75 Å². The lowest BCUT2D eigenvalue weighted by molar-refractivity contribution is -0.139. The van der Waals surface area contributed by atoms with E-state index in [1.807, 2.05) is 19.9 Å². The average Bonchev–Trinajstić information content (AvgIpc) is 2.94. The second-order valence-electron chi connectivity index (χ2n) is 9.03. The maximum atomic E-state index is 13.9. The summed E-state index contributed by atoms with van der Waals surface area (Å²) < 4.78 is 33.8. The lowest BCUT2D eigenvalue weighted by Gasteiger charge is -2.32. The number of ether oxygens (including phenoxy) is 1. The Bertz CT molecular complexity index is 1320. The normalized spacial score (nSPS) is 12.7. The third-order valence-electron chi connectivity index (χ3n) is 6.31. The van der Waals surface area contributed by atoms with Crippen LogP contribution in [0.25, 0.3) is 0 Å². The minimum atomic E-state index is -4.07. The molecular formula is C29H35N3O5S. The number of anilines is 1. The fourth-order valence-electron chi connectivity index (χ4n) is 3.86. The summed E-state index contributed by atoms with van der Waals surface area (Å²) in [6, 6.07) is 22.7. The number of amides is 2. The molecule has 0 aliphatic heterocycles. The number of carbonyl (C=O) groups is 2. The van der Waals surface area contributed by atoms with E-state index in [4.69, 9.17) is 4.74 Å². The minimum absolute atomic E-state index is 0.0681. The number of hydrogen-bond donors (Lipinski definition) is 1. The molecule has 0 aliphatic carbocycles. The quantitative estimate of drug-likeness (QED) is 0.373. The predicted molar refractivity (Wildman–Crippen MR) is 148 cm³/mol. The summed E-state index contributed by atoms with van der Waals surface area (Å²) in [6.45, 7) is 5.11. The molecule has 3 rings (SSSR count). The van der Waals surface area contributed by atoms with Crippen LogP contribution in [0.4, 0.5) is 5.69 Å². The van der Waals surface area contributed by atoms with Crippen LogP contribution in [0.1, 0.15) is 32.8 Å². The van der Waals surface area contributed by atoms with Gasteiger partial charge in [0.25, 0.3) is 10.0 Å². The fourth-order valence-corrected chi connectivity index (χ4v) is 5.29. The summed E-state index contributed by atoms with van der Waals surface area (Å²) in [7, 11) is -2.52. The van der Waals surface area contributed by atoms with Gasteiger partial charge in [0.05, 0.1) is 17.7 Å². The minimum Gasteiger partial charge on any atom is -0.497 e. The Labute approximate surface area is 225 Å². The third kappa shape index (κ3) is 7.13. The molecule has 0 aliphatic rings. The van der Waals surface area contributed by atoms with E-state index in [1.165, 1.54) is 17.0 Å². The fraction of sp³-hybridized carbons (Fsp3) is 0.310. The Morgan fingerprint density at radius 1 is 0.921 bits per heavy atom. The van der Waals surface area contributed by atoms with Gasteiger partial charge in [-0.15, -0.1) is 0 Å². The van der Waals surface area contributed by atoms with Crippen LogP contribution in [0.2, 0.25) is 0 Å². The molecule has 3 aromatic carbocycles. The van der Waals surface area contributed by atoms with Crippen molar-refractivity contribution in [3.05, 3.63) is 90.5 Å². The highest BCUT2D eigenvalue weighted by Crippen LogP contribution is 2.24. The van der Waals surface area contributed by atoms with Gasteiger partial charge in [-0.05, 0) is 62.2 Å². The molecule has 38 heavy (non-hydrogen) atoms. The maximum Gasteiger partial charge on any atom is 0.264 e. The van der Waals surface area contributed by atoms with Crippen molar-refractivity contribution in [3.63, 3.8) is 0 Å². The summed E-state index contributed by atoms with van der Waals surface area (Å²) in [4.78, 5) is 28.4. The van der Waals surface area contributed by atoms with E-state index in [0.29, 0.717) is 11.4 Å². The van der Waals surface area contributed by atoms with Gasteiger partial charge < -0.3 is 15.0 Å². The van der Waals surface area contributed by atoms with Crippen LogP contribution in [0, 0.1) is 0 Å². The Balaban J connectivity index is 1.99. The van der Waals surface area contributed by atoms with E-state index in [0.717, 1.165) is 16.3 Å². The summed E-state index contributed by atoms with van der Waals surface area (Å²) in [5, 5.41) is 2.92. The van der Waals surface area contributed by atoms with Crippen molar-refractivity contribution in [2.75, 3.05) is 18.0 Å². The molecule has 9 heteroatoms. The lowest BCUT2D eigenvalue weighted by Crippen LogP contribution is -2.52. The van der Waals surface area contributed by atoms with E-state index in [1.54, 1.807) is 80.8 Å². The van der Waals surface area contributed by atoms with Crippen molar-refractivity contribution in [1.82, 2.24) is 10.2 Å². The van der Waals surface area contributed by atoms with Gasteiger partial charge in [-0.25, -0.2) is 8.42 Å². The lowest BCUT2D eigenvalue weighted by atomic mass is 10.1. The molecule has 1 N–H and O–H groups in total. The third-order valence-corrected chi connectivity index (χ3v) is 8.10. The highest BCUT2D eigenvalue weighted by Gasteiger charge is 2.32. The molecule has 0 spiro atoms. The van der Waals surface area contributed by atoms with Gasteiger partial charge in [0.15, 0.2) is 0 Å². The monoisotopic (exact) mass is 537 g/mol. The molecule has 0 radical (unpaired) electrons. The number of hydrogen-bond acceptors (Lipinski definition) is 5. The molecule has 0 saturated heterocycles.